The van der Waals surface area contributed by atoms with E-state index in [-0.39, 0.29) is 35.3 Å². The molecular formula is C12H15NaO2. The number of hydrogen-bond acceptors (Lipinski definition) is 2. The van der Waals surface area contributed by atoms with Crippen LogP contribution >= 0.6 is 0 Å². The topological polar surface area (TPSA) is 32.3 Å². The fourth-order valence-corrected chi connectivity index (χ4v) is 1.92. The number of benzene rings is 1. The summed E-state index contributed by atoms with van der Waals surface area (Å²) in [6.07, 6.45) is 6.41. The van der Waals surface area contributed by atoms with E-state index in [0.29, 0.717) is 6.10 Å². The Bertz CT molecular complexity index is 295. The van der Waals surface area contributed by atoms with Crippen LogP contribution in [0.4, 0.5) is 0 Å². The summed E-state index contributed by atoms with van der Waals surface area (Å²) in [4.78, 5) is 0. The molecule has 1 fully saturated rings. The molecule has 0 bridgehead atoms. The van der Waals surface area contributed by atoms with Gasteiger partial charge >= 0.3 is 29.6 Å². The molecule has 0 radical (unpaired) electrons. The molecule has 0 spiro atoms. The van der Waals surface area contributed by atoms with Crippen LogP contribution in [0.25, 0.3) is 0 Å². The predicted molar refractivity (Wildman–Crippen MR) is 53.4 cm³/mol. The van der Waals surface area contributed by atoms with Gasteiger partial charge in [0.1, 0.15) is 5.75 Å². The van der Waals surface area contributed by atoms with E-state index < -0.39 is 0 Å². The van der Waals surface area contributed by atoms with Gasteiger partial charge in [0.2, 0.25) is 0 Å². The number of rotatable bonds is 2. The van der Waals surface area contributed by atoms with Crippen molar-refractivity contribution in [2.75, 3.05) is 0 Å². The van der Waals surface area contributed by atoms with Gasteiger partial charge in [-0.05, 0) is 37.8 Å². The van der Waals surface area contributed by atoms with Crippen molar-refractivity contribution < 1.29 is 39.4 Å². The van der Waals surface area contributed by atoms with Gasteiger partial charge < -0.3 is 9.84 Å². The van der Waals surface area contributed by atoms with Gasteiger partial charge in [-0.3, -0.25) is 0 Å². The fraction of sp³-hybridized carbons (Fsp3) is 0.500. The van der Waals surface area contributed by atoms with E-state index in [4.69, 9.17) is 4.74 Å². The van der Waals surface area contributed by atoms with Crippen LogP contribution in [0.3, 0.4) is 0 Å². The second-order valence-electron chi connectivity index (χ2n) is 3.85. The molecule has 0 saturated heterocycles. The second-order valence-corrected chi connectivity index (χ2v) is 3.85. The van der Waals surface area contributed by atoms with Gasteiger partial charge in [-0.1, -0.05) is 18.6 Å². The minimum absolute atomic E-state index is 0. The van der Waals surface area contributed by atoms with E-state index in [1.54, 1.807) is 18.2 Å². The molecule has 1 aliphatic carbocycles. The largest absolute Gasteiger partial charge is 1.00 e. The maximum atomic E-state index is 11.1. The van der Waals surface area contributed by atoms with Crippen LogP contribution in [-0.4, -0.2) is 6.10 Å². The summed E-state index contributed by atoms with van der Waals surface area (Å²) in [6, 6.07) is 6.72. The minimum Gasteiger partial charge on any atom is -0.872 e. The zero-order valence-corrected chi connectivity index (χ0v) is 11.2. The first kappa shape index (κ1) is 12.9. The van der Waals surface area contributed by atoms with Crippen LogP contribution in [0.1, 0.15) is 32.1 Å². The van der Waals surface area contributed by atoms with Crippen LogP contribution in [0, 0.1) is 0 Å². The molecule has 15 heavy (non-hydrogen) atoms. The van der Waals surface area contributed by atoms with Gasteiger partial charge in [-0.2, -0.15) is 0 Å². The Hall–Kier alpha value is -0.180. The predicted octanol–water partition coefficient (Wildman–Crippen LogP) is -0.524. The molecule has 76 valence electrons. The van der Waals surface area contributed by atoms with Crippen molar-refractivity contribution in [1.29, 1.82) is 0 Å². The minimum atomic E-state index is 0. The Labute approximate surface area is 113 Å². The van der Waals surface area contributed by atoms with Crippen molar-refractivity contribution in [1.82, 2.24) is 0 Å². The molecule has 1 saturated carbocycles. The van der Waals surface area contributed by atoms with Gasteiger partial charge in [0.05, 0.1) is 6.10 Å². The molecule has 3 heteroatoms. The van der Waals surface area contributed by atoms with E-state index in [1.807, 2.05) is 6.07 Å². The van der Waals surface area contributed by atoms with Crippen molar-refractivity contribution >= 4 is 0 Å². The van der Waals surface area contributed by atoms with Gasteiger partial charge in [0.25, 0.3) is 0 Å². The molecule has 0 amide bonds. The normalized spacial score (nSPS) is 16.8. The number of hydrogen-bond donors (Lipinski definition) is 0. The van der Waals surface area contributed by atoms with E-state index in [2.05, 4.69) is 0 Å². The van der Waals surface area contributed by atoms with Crippen molar-refractivity contribution in [3.8, 4) is 11.5 Å². The monoisotopic (exact) mass is 214 g/mol. The zero-order valence-electron chi connectivity index (χ0n) is 9.24. The van der Waals surface area contributed by atoms with Gasteiger partial charge in [0, 0.05) is 0 Å². The Morgan fingerprint density at radius 3 is 2.53 bits per heavy atom. The summed E-state index contributed by atoms with van der Waals surface area (Å²) in [6.45, 7) is 0. The summed E-state index contributed by atoms with van der Waals surface area (Å²) >= 11 is 0. The molecule has 0 heterocycles. The molecule has 0 atom stereocenters. The van der Waals surface area contributed by atoms with E-state index in [9.17, 15) is 5.11 Å². The average Bonchev–Trinajstić information content (AvgIpc) is 2.19. The molecule has 2 nitrogen and oxygen atoms in total. The first-order valence-electron chi connectivity index (χ1n) is 5.28. The Balaban J connectivity index is 0.00000112. The first-order chi connectivity index (χ1) is 6.84. The molecule has 0 N–H and O–H groups in total. The van der Waals surface area contributed by atoms with E-state index in [1.165, 1.54) is 19.3 Å². The van der Waals surface area contributed by atoms with Crippen LogP contribution in [0.2, 0.25) is 0 Å². The SMILES string of the molecule is [Na+].[O-]c1cccc(OC2CCCCC2)c1. The standard InChI is InChI=1S/C12H16O2.Na/c13-10-5-4-8-12(9-10)14-11-6-2-1-3-7-11;/h4-5,8-9,11,13H,1-3,6-7H2;/q;+1/p-1. The summed E-state index contributed by atoms with van der Waals surface area (Å²) in [5, 5.41) is 11.1. The zero-order chi connectivity index (χ0) is 9.80. The smallest absolute Gasteiger partial charge is 0.872 e. The summed E-state index contributed by atoms with van der Waals surface area (Å²) in [5.74, 6) is 0.753. The van der Waals surface area contributed by atoms with Gasteiger partial charge in [0.15, 0.2) is 0 Å². The number of ether oxygens (including phenoxy) is 1. The quantitative estimate of drug-likeness (QED) is 0.620. The maximum Gasteiger partial charge on any atom is 1.00 e. The third-order valence-electron chi connectivity index (χ3n) is 2.66. The van der Waals surface area contributed by atoms with Crippen molar-refractivity contribution in [2.24, 2.45) is 0 Å². The summed E-state index contributed by atoms with van der Waals surface area (Å²) in [7, 11) is 0. The average molecular weight is 214 g/mol. The molecule has 2 rings (SSSR count). The molecule has 0 unspecified atom stereocenters. The van der Waals surface area contributed by atoms with E-state index in [0.717, 1.165) is 18.6 Å². The Morgan fingerprint density at radius 1 is 1.13 bits per heavy atom. The summed E-state index contributed by atoms with van der Waals surface area (Å²) < 4.78 is 5.74. The third-order valence-corrected chi connectivity index (χ3v) is 2.66. The molecule has 0 aliphatic heterocycles. The molecule has 1 aromatic carbocycles. The van der Waals surface area contributed by atoms with E-state index >= 15 is 0 Å². The second kappa shape index (κ2) is 6.41. The van der Waals surface area contributed by atoms with Crippen LogP contribution in [0.15, 0.2) is 24.3 Å². The molecule has 1 aliphatic rings. The first-order valence-corrected chi connectivity index (χ1v) is 5.28. The summed E-state index contributed by atoms with van der Waals surface area (Å²) in [5.41, 5.74) is 0. The van der Waals surface area contributed by atoms with Crippen LogP contribution in [-0.2, 0) is 0 Å². The Kier molecular flexibility index (Phi) is 5.51. The van der Waals surface area contributed by atoms with Crippen molar-refractivity contribution in [3.63, 3.8) is 0 Å². The third kappa shape index (κ3) is 4.06. The molecule has 1 aromatic rings. The van der Waals surface area contributed by atoms with Crippen molar-refractivity contribution in [3.05, 3.63) is 24.3 Å². The van der Waals surface area contributed by atoms with Crippen molar-refractivity contribution in [2.45, 2.75) is 38.2 Å². The Morgan fingerprint density at radius 2 is 1.87 bits per heavy atom. The fourth-order valence-electron chi connectivity index (χ4n) is 1.92. The van der Waals surface area contributed by atoms with Crippen LogP contribution < -0.4 is 39.4 Å². The molecule has 0 aromatic heterocycles. The van der Waals surface area contributed by atoms with Gasteiger partial charge in [-0.25, -0.2) is 0 Å². The van der Waals surface area contributed by atoms with Crippen LogP contribution in [0.5, 0.6) is 11.5 Å². The van der Waals surface area contributed by atoms with Gasteiger partial charge in [-0.15, -0.1) is 5.75 Å². The maximum absolute atomic E-state index is 11.1. The molecular weight excluding hydrogens is 199 g/mol.